The van der Waals surface area contributed by atoms with E-state index < -0.39 is 5.54 Å². The molecular formula is C17H30N2O2. The summed E-state index contributed by atoms with van der Waals surface area (Å²) in [4.78, 5) is 27.1. The molecule has 4 heteroatoms. The van der Waals surface area contributed by atoms with Gasteiger partial charge >= 0.3 is 0 Å². The minimum atomic E-state index is -0.684. The number of nitrogens with one attached hydrogen (secondary N) is 1. The Bertz CT molecular complexity index is 384. The molecule has 0 aromatic heterocycles. The number of carbonyl (C=O) groups excluding carboxylic acids is 2. The standard InChI is InChI=1S/C17H30N2O2/c1-4-17(5-2)16(21)19(12-11-15(20)18-17)13(3)14-9-7-6-8-10-14/h13-14H,4-12H2,1-3H3,(H,18,20). The molecule has 1 unspecified atom stereocenters. The number of hydrogen-bond donors (Lipinski definition) is 1. The molecule has 2 rings (SSSR count). The smallest absolute Gasteiger partial charge is 0.248 e. The summed E-state index contributed by atoms with van der Waals surface area (Å²) in [7, 11) is 0. The summed E-state index contributed by atoms with van der Waals surface area (Å²) < 4.78 is 0. The molecule has 2 aliphatic rings. The van der Waals surface area contributed by atoms with Crippen LogP contribution >= 0.6 is 0 Å². The summed E-state index contributed by atoms with van der Waals surface area (Å²) in [6.45, 7) is 6.75. The normalized spacial score (nSPS) is 25.4. The molecule has 1 heterocycles. The van der Waals surface area contributed by atoms with E-state index in [1.54, 1.807) is 0 Å². The van der Waals surface area contributed by atoms with E-state index in [4.69, 9.17) is 0 Å². The molecule has 1 saturated carbocycles. The Hall–Kier alpha value is -1.06. The summed E-state index contributed by atoms with van der Waals surface area (Å²) in [5, 5.41) is 3.00. The number of amides is 2. The summed E-state index contributed by atoms with van der Waals surface area (Å²) in [6, 6.07) is 0.253. The van der Waals surface area contributed by atoms with Gasteiger partial charge in [-0.15, -0.1) is 0 Å². The number of hydrogen-bond acceptors (Lipinski definition) is 2. The summed E-state index contributed by atoms with van der Waals surface area (Å²) in [6.07, 6.45) is 8.09. The second kappa shape index (κ2) is 6.80. The van der Waals surface area contributed by atoms with E-state index in [2.05, 4.69) is 12.2 Å². The van der Waals surface area contributed by atoms with Crippen LogP contribution in [0.2, 0.25) is 0 Å². The van der Waals surface area contributed by atoms with Crippen LogP contribution in [0.5, 0.6) is 0 Å². The molecule has 0 aromatic carbocycles. The van der Waals surface area contributed by atoms with Crippen molar-refractivity contribution >= 4 is 11.8 Å². The first-order valence-electron chi connectivity index (χ1n) is 8.66. The van der Waals surface area contributed by atoms with Gasteiger partial charge in [0.25, 0.3) is 0 Å². The molecule has 21 heavy (non-hydrogen) atoms. The average molecular weight is 294 g/mol. The van der Waals surface area contributed by atoms with Gasteiger partial charge in [0, 0.05) is 19.0 Å². The van der Waals surface area contributed by atoms with Crippen molar-refractivity contribution in [3.05, 3.63) is 0 Å². The largest absolute Gasteiger partial charge is 0.342 e. The topological polar surface area (TPSA) is 49.4 Å². The van der Waals surface area contributed by atoms with E-state index in [-0.39, 0.29) is 17.9 Å². The number of nitrogens with zero attached hydrogens (tertiary/aromatic N) is 1. The van der Waals surface area contributed by atoms with Gasteiger partial charge in [0.1, 0.15) is 5.54 Å². The van der Waals surface area contributed by atoms with Crippen LogP contribution < -0.4 is 5.32 Å². The van der Waals surface area contributed by atoms with E-state index in [9.17, 15) is 9.59 Å². The molecule has 1 aliphatic heterocycles. The van der Waals surface area contributed by atoms with Crippen molar-refractivity contribution < 1.29 is 9.59 Å². The number of carbonyl (C=O) groups is 2. The van der Waals surface area contributed by atoms with Crippen molar-refractivity contribution in [2.75, 3.05) is 6.54 Å². The maximum Gasteiger partial charge on any atom is 0.248 e. The van der Waals surface area contributed by atoms with Crippen LogP contribution in [0.15, 0.2) is 0 Å². The van der Waals surface area contributed by atoms with Crippen molar-refractivity contribution in [2.45, 2.75) is 83.7 Å². The van der Waals surface area contributed by atoms with Crippen LogP contribution in [0.25, 0.3) is 0 Å². The van der Waals surface area contributed by atoms with Crippen LogP contribution in [0, 0.1) is 5.92 Å². The minimum absolute atomic E-state index is 0.0189. The first-order valence-corrected chi connectivity index (χ1v) is 8.66. The Morgan fingerprint density at radius 3 is 2.38 bits per heavy atom. The lowest BCUT2D eigenvalue weighted by Crippen LogP contribution is -2.58. The first-order chi connectivity index (χ1) is 10.0. The monoisotopic (exact) mass is 294 g/mol. The van der Waals surface area contributed by atoms with Crippen molar-refractivity contribution in [3.8, 4) is 0 Å². The molecule has 0 radical (unpaired) electrons. The molecular weight excluding hydrogens is 264 g/mol. The van der Waals surface area contributed by atoms with Crippen molar-refractivity contribution in [1.29, 1.82) is 0 Å². The molecule has 2 amide bonds. The molecule has 2 fully saturated rings. The van der Waals surface area contributed by atoms with Crippen LogP contribution in [0.3, 0.4) is 0 Å². The lowest BCUT2D eigenvalue weighted by atomic mass is 9.83. The quantitative estimate of drug-likeness (QED) is 0.866. The SMILES string of the molecule is CCC1(CC)NC(=O)CCN(C(C)C2CCCCC2)C1=O. The predicted octanol–water partition coefficient (Wildman–Crippen LogP) is 2.86. The molecule has 1 saturated heterocycles. The maximum atomic E-state index is 13.1. The van der Waals surface area contributed by atoms with Crippen LogP contribution in [0.4, 0.5) is 0 Å². The van der Waals surface area contributed by atoms with E-state index in [1.165, 1.54) is 32.1 Å². The third-order valence-electron chi connectivity index (χ3n) is 5.66. The molecule has 4 nitrogen and oxygen atoms in total. The van der Waals surface area contributed by atoms with Crippen LogP contribution in [-0.2, 0) is 9.59 Å². The molecule has 0 spiro atoms. The highest BCUT2D eigenvalue weighted by Crippen LogP contribution is 2.31. The highest BCUT2D eigenvalue weighted by Gasteiger charge is 2.44. The highest BCUT2D eigenvalue weighted by molar-refractivity contribution is 5.93. The Morgan fingerprint density at radius 2 is 1.81 bits per heavy atom. The number of rotatable bonds is 4. The summed E-state index contributed by atoms with van der Waals surface area (Å²) >= 11 is 0. The lowest BCUT2D eigenvalue weighted by molar-refractivity contribution is -0.142. The lowest BCUT2D eigenvalue weighted by Gasteiger charge is -2.40. The first kappa shape index (κ1) is 16.3. The third-order valence-corrected chi connectivity index (χ3v) is 5.66. The second-order valence-corrected chi connectivity index (χ2v) is 6.72. The van der Waals surface area contributed by atoms with Gasteiger partial charge < -0.3 is 10.2 Å². The predicted molar refractivity (Wildman–Crippen MR) is 83.8 cm³/mol. The Balaban J connectivity index is 2.20. The molecule has 0 aromatic rings. The van der Waals surface area contributed by atoms with Gasteiger partial charge in [0.2, 0.25) is 11.8 Å². The van der Waals surface area contributed by atoms with E-state index in [0.29, 0.717) is 31.7 Å². The Morgan fingerprint density at radius 1 is 1.19 bits per heavy atom. The fourth-order valence-electron chi connectivity index (χ4n) is 3.97. The fraction of sp³-hybridized carbons (Fsp3) is 0.882. The van der Waals surface area contributed by atoms with Crippen LogP contribution in [-0.4, -0.2) is 34.8 Å². The zero-order valence-electron chi connectivity index (χ0n) is 13.8. The van der Waals surface area contributed by atoms with Crippen molar-refractivity contribution in [1.82, 2.24) is 10.2 Å². The van der Waals surface area contributed by atoms with Gasteiger partial charge in [-0.3, -0.25) is 9.59 Å². The molecule has 1 aliphatic carbocycles. The van der Waals surface area contributed by atoms with Crippen molar-refractivity contribution in [2.24, 2.45) is 5.92 Å². The van der Waals surface area contributed by atoms with E-state index in [0.717, 1.165) is 0 Å². The molecule has 1 N–H and O–H groups in total. The maximum absolute atomic E-state index is 13.1. The van der Waals surface area contributed by atoms with Gasteiger partial charge in [-0.25, -0.2) is 0 Å². The molecule has 0 bridgehead atoms. The van der Waals surface area contributed by atoms with E-state index >= 15 is 0 Å². The second-order valence-electron chi connectivity index (χ2n) is 6.72. The summed E-state index contributed by atoms with van der Waals surface area (Å²) in [5.41, 5.74) is -0.684. The average Bonchev–Trinajstić information content (AvgIpc) is 2.65. The fourth-order valence-corrected chi connectivity index (χ4v) is 3.97. The Labute approximate surface area is 128 Å². The van der Waals surface area contributed by atoms with Crippen molar-refractivity contribution in [3.63, 3.8) is 0 Å². The minimum Gasteiger partial charge on any atom is -0.342 e. The molecule has 120 valence electrons. The summed E-state index contributed by atoms with van der Waals surface area (Å²) in [5.74, 6) is 0.754. The molecule has 1 atom stereocenters. The third kappa shape index (κ3) is 3.24. The van der Waals surface area contributed by atoms with Gasteiger partial charge in [-0.2, -0.15) is 0 Å². The van der Waals surface area contributed by atoms with Gasteiger partial charge in [0.05, 0.1) is 0 Å². The zero-order chi connectivity index (χ0) is 15.5. The highest BCUT2D eigenvalue weighted by atomic mass is 16.2. The van der Waals surface area contributed by atoms with Gasteiger partial charge in [-0.1, -0.05) is 33.1 Å². The van der Waals surface area contributed by atoms with Crippen LogP contribution in [0.1, 0.15) is 72.1 Å². The zero-order valence-corrected chi connectivity index (χ0v) is 13.8. The van der Waals surface area contributed by atoms with Gasteiger partial charge in [-0.05, 0) is 38.5 Å². The van der Waals surface area contributed by atoms with Gasteiger partial charge in [0.15, 0.2) is 0 Å². The Kier molecular flexibility index (Phi) is 5.28. The van der Waals surface area contributed by atoms with E-state index in [1.807, 2.05) is 18.7 Å².